The molecule has 0 unspecified atom stereocenters. The molecule has 2 heterocycles. The van der Waals surface area contributed by atoms with Gasteiger partial charge in [-0.15, -0.1) is 0 Å². The maximum absolute atomic E-state index is 12.0. The van der Waals surface area contributed by atoms with Crippen molar-refractivity contribution in [3.8, 4) is 0 Å². The molecule has 2 atom stereocenters. The van der Waals surface area contributed by atoms with E-state index in [1.165, 1.54) is 0 Å². The largest absolute Gasteiger partial charge is 0.443 e. The Morgan fingerprint density at radius 1 is 1.28 bits per heavy atom. The molecule has 0 aliphatic carbocycles. The molecule has 2 aliphatic rings. The maximum Gasteiger partial charge on any atom is 0.426 e. The van der Waals surface area contributed by atoms with E-state index in [0.717, 1.165) is 0 Å². The zero-order valence-electron chi connectivity index (χ0n) is 10.6. The molecule has 1 amide bonds. The molecule has 2 rings (SSSR count). The van der Waals surface area contributed by atoms with Crippen molar-refractivity contribution in [2.24, 2.45) is 5.92 Å². The summed E-state index contributed by atoms with van der Waals surface area (Å²) in [6.45, 7) is 5.64. The van der Waals surface area contributed by atoms with Crippen LogP contribution < -0.4 is 0 Å². The molecule has 104 valence electrons. The fourth-order valence-electron chi connectivity index (χ4n) is 1.94. The van der Waals surface area contributed by atoms with E-state index in [2.05, 4.69) is 0 Å². The second-order valence-electron chi connectivity index (χ2n) is 5.38. The highest BCUT2D eigenvalue weighted by atomic mass is 32.2. The highest BCUT2D eigenvalue weighted by Gasteiger charge is 2.49. The van der Waals surface area contributed by atoms with Gasteiger partial charge < -0.3 is 9.47 Å². The Morgan fingerprint density at radius 2 is 1.94 bits per heavy atom. The molecule has 0 radical (unpaired) electrons. The van der Waals surface area contributed by atoms with Gasteiger partial charge in [0.05, 0.1) is 25.9 Å². The summed E-state index contributed by atoms with van der Waals surface area (Å²) in [4.78, 5) is 12.0. The monoisotopic (exact) mass is 279 g/mol. The lowest BCUT2D eigenvalue weighted by Crippen LogP contribution is -2.54. The van der Waals surface area contributed by atoms with Crippen LogP contribution >= 0.6 is 0 Å². The average molecular weight is 279 g/mol. The van der Waals surface area contributed by atoms with Crippen LogP contribution in [0.2, 0.25) is 0 Å². The molecule has 0 aromatic carbocycles. The van der Waals surface area contributed by atoms with Crippen molar-refractivity contribution in [3.05, 3.63) is 0 Å². The van der Waals surface area contributed by atoms with Crippen molar-refractivity contribution < 1.29 is 26.9 Å². The number of carbonyl (C=O) groups is 1. The summed E-state index contributed by atoms with van der Waals surface area (Å²) in [6.07, 6.45) is -0.914. The number of rotatable bonds is 0. The van der Waals surface area contributed by atoms with E-state index in [9.17, 15) is 13.2 Å². The zero-order valence-corrected chi connectivity index (χ0v) is 11.4. The molecule has 0 aromatic rings. The van der Waals surface area contributed by atoms with Crippen LogP contribution in [0.4, 0.5) is 4.79 Å². The number of fused-ring (bicyclic) bond motifs is 1. The lowest BCUT2D eigenvalue weighted by Gasteiger charge is -2.35. The van der Waals surface area contributed by atoms with Gasteiger partial charge >= 0.3 is 16.4 Å². The van der Waals surface area contributed by atoms with Crippen molar-refractivity contribution in [1.82, 2.24) is 4.31 Å². The van der Waals surface area contributed by atoms with Crippen LogP contribution in [0.1, 0.15) is 20.8 Å². The lowest BCUT2D eigenvalue weighted by atomic mass is 10.1. The molecule has 18 heavy (non-hydrogen) atoms. The van der Waals surface area contributed by atoms with Gasteiger partial charge in [0.15, 0.2) is 0 Å². The summed E-state index contributed by atoms with van der Waals surface area (Å²) in [5.74, 6) is -0.124. The number of hydrogen-bond acceptors (Lipinski definition) is 6. The van der Waals surface area contributed by atoms with Gasteiger partial charge in [0.2, 0.25) is 0 Å². The molecule has 0 bridgehead atoms. The SMILES string of the molecule is CC(C)(C)OC(=O)N1[C@@H]2COC[C@@H]2COS1(=O)=O. The molecule has 0 spiro atoms. The normalized spacial score (nSPS) is 30.9. The topological polar surface area (TPSA) is 82.1 Å². The zero-order chi connectivity index (χ0) is 13.6. The third kappa shape index (κ3) is 2.60. The summed E-state index contributed by atoms with van der Waals surface area (Å²) in [5.41, 5.74) is -0.765. The highest BCUT2D eigenvalue weighted by Crippen LogP contribution is 2.30. The third-order valence-electron chi connectivity index (χ3n) is 2.71. The molecule has 8 heteroatoms. The predicted molar refractivity (Wildman–Crippen MR) is 61.0 cm³/mol. The summed E-state index contributed by atoms with van der Waals surface area (Å²) in [6, 6.07) is -0.529. The van der Waals surface area contributed by atoms with Gasteiger partial charge in [-0.2, -0.15) is 12.7 Å². The standard InChI is InChI=1S/C10H17NO6S/c1-10(2,3)17-9(12)11-8-6-15-4-7(8)5-16-18(11,13)14/h7-8H,4-6H2,1-3H3/t7-,8-/m1/s1. The number of carbonyl (C=O) groups excluding carboxylic acids is 1. The number of amides is 1. The quantitative estimate of drug-likeness (QED) is 0.642. The minimum absolute atomic E-state index is 0.0479. The maximum atomic E-state index is 12.0. The molecular formula is C10H17NO6S. The highest BCUT2D eigenvalue weighted by molar-refractivity contribution is 7.85. The van der Waals surface area contributed by atoms with Crippen LogP contribution in [0.5, 0.6) is 0 Å². The lowest BCUT2D eigenvalue weighted by molar-refractivity contribution is 0.0216. The second kappa shape index (κ2) is 4.36. The van der Waals surface area contributed by atoms with Crippen LogP contribution in [0.3, 0.4) is 0 Å². The van der Waals surface area contributed by atoms with Gasteiger partial charge in [-0.25, -0.2) is 4.79 Å². The number of hydrogen-bond donors (Lipinski definition) is 0. The first-order valence-corrected chi connectivity index (χ1v) is 7.07. The van der Waals surface area contributed by atoms with Gasteiger partial charge in [0.1, 0.15) is 5.60 Å². The van der Waals surface area contributed by atoms with Crippen molar-refractivity contribution in [2.75, 3.05) is 19.8 Å². The Morgan fingerprint density at radius 3 is 2.56 bits per heavy atom. The van der Waals surface area contributed by atoms with Gasteiger partial charge in [-0.1, -0.05) is 0 Å². The van der Waals surface area contributed by atoms with E-state index in [4.69, 9.17) is 13.7 Å². The van der Waals surface area contributed by atoms with E-state index in [0.29, 0.717) is 10.9 Å². The Bertz CT molecular complexity index is 440. The van der Waals surface area contributed by atoms with Gasteiger partial charge in [-0.3, -0.25) is 4.18 Å². The van der Waals surface area contributed by atoms with Crippen molar-refractivity contribution >= 4 is 16.4 Å². The van der Waals surface area contributed by atoms with Crippen LogP contribution in [0.15, 0.2) is 0 Å². The molecule has 7 nitrogen and oxygen atoms in total. The first-order valence-electron chi connectivity index (χ1n) is 5.70. The van der Waals surface area contributed by atoms with E-state index < -0.39 is 28.0 Å². The third-order valence-corrected chi connectivity index (χ3v) is 4.05. The second-order valence-corrected chi connectivity index (χ2v) is 6.87. The molecular weight excluding hydrogens is 262 g/mol. The van der Waals surface area contributed by atoms with E-state index in [1.807, 2.05) is 0 Å². The summed E-state index contributed by atoms with van der Waals surface area (Å²) in [7, 11) is -4.07. The van der Waals surface area contributed by atoms with Gasteiger partial charge in [0.25, 0.3) is 0 Å². The molecule has 0 N–H and O–H groups in total. The molecule has 0 aromatic heterocycles. The first kappa shape index (κ1) is 13.6. The molecule has 0 saturated carbocycles. The van der Waals surface area contributed by atoms with E-state index in [1.54, 1.807) is 20.8 Å². The van der Waals surface area contributed by atoms with Gasteiger partial charge in [0, 0.05) is 5.92 Å². The summed E-state index contributed by atoms with van der Waals surface area (Å²) < 4.78 is 39.3. The fraction of sp³-hybridized carbons (Fsp3) is 0.900. The summed E-state index contributed by atoms with van der Waals surface area (Å²) >= 11 is 0. The van der Waals surface area contributed by atoms with Gasteiger partial charge in [-0.05, 0) is 20.8 Å². The minimum atomic E-state index is -4.07. The van der Waals surface area contributed by atoms with Crippen molar-refractivity contribution in [2.45, 2.75) is 32.4 Å². The van der Waals surface area contributed by atoms with Crippen LogP contribution in [-0.4, -0.2) is 50.3 Å². The molecule has 2 saturated heterocycles. The molecule has 2 fully saturated rings. The number of nitrogens with zero attached hydrogens (tertiary/aromatic N) is 1. The molecule has 2 aliphatic heterocycles. The average Bonchev–Trinajstić information content (AvgIpc) is 2.60. The van der Waals surface area contributed by atoms with Crippen LogP contribution in [0.25, 0.3) is 0 Å². The van der Waals surface area contributed by atoms with E-state index in [-0.39, 0.29) is 19.1 Å². The van der Waals surface area contributed by atoms with E-state index >= 15 is 0 Å². The number of ether oxygens (including phenoxy) is 2. The van der Waals surface area contributed by atoms with Crippen molar-refractivity contribution in [1.29, 1.82) is 0 Å². The minimum Gasteiger partial charge on any atom is -0.443 e. The van der Waals surface area contributed by atoms with Crippen LogP contribution in [0, 0.1) is 5.92 Å². The van der Waals surface area contributed by atoms with Crippen molar-refractivity contribution in [3.63, 3.8) is 0 Å². The Kier molecular flexibility index (Phi) is 3.28. The summed E-state index contributed by atoms with van der Waals surface area (Å²) in [5, 5.41) is 0. The Labute approximate surface area is 106 Å². The Balaban J connectivity index is 2.23. The fourth-order valence-corrected chi connectivity index (χ4v) is 3.18. The predicted octanol–water partition coefficient (Wildman–Crippen LogP) is 0.514. The van der Waals surface area contributed by atoms with Crippen LogP contribution in [-0.2, 0) is 24.0 Å². The smallest absolute Gasteiger partial charge is 0.426 e. The first-order chi connectivity index (χ1) is 8.21. The Hall–Kier alpha value is -0.860.